The van der Waals surface area contributed by atoms with Gasteiger partial charge in [-0.2, -0.15) is 0 Å². The summed E-state index contributed by atoms with van der Waals surface area (Å²) in [5.41, 5.74) is 1.36. The number of carbonyl (C=O) groups is 1. The molecule has 0 radical (unpaired) electrons. The Kier molecular flexibility index (Phi) is 3.50. The van der Waals surface area contributed by atoms with Crippen LogP contribution in [0.15, 0.2) is 48.5 Å². The third-order valence-corrected chi connectivity index (χ3v) is 4.44. The zero-order valence-electron chi connectivity index (χ0n) is 11.7. The molecule has 1 unspecified atom stereocenters. The van der Waals surface area contributed by atoms with Crippen LogP contribution in [-0.2, 0) is 23.1 Å². The standard InChI is InChI=1S/C18H17FO2/c19-16-10-4-2-7-14(16)12-18(17(20)21)11-5-8-13-6-1-3-9-15(13)18/h1-4,6-7,9-10H,5,8,11-12H2,(H,20,21). The van der Waals surface area contributed by atoms with Gasteiger partial charge in [-0.1, -0.05) is 42.5 Å². The van der Waals surface area contributed by atoms with Crippen LogP contribution in [0.25, 0.3) is 0 Å². The van der Waals surface area contributed by atoms with Crippen molar-refractivity contribution in [3.63, 3.8) is 0 Å². The second kappa shape index (κ2) is 5.32. The van der Waals surface area contributed by atoms with Crippen LogP contribution in [-0.4, -0.2) is 11.1 Å². The van der Waals surface area contributed by atoms with Crippen LogP contribution in [0.4, 0.5) is 4.39 Å². The lowest BCUT2D eigenvalue weighted by molar-refractivity contribution is -0.144. The average Bonchev–Trinajstić information content (AvgIpc) is 2.49. The Labute approximate surface area is 123 Å². The number of fused-ring (bicyclic) bond motifs is 1. The number of hydrogen-bond acceptors (Lipinski definition) is 1. The van der Waals surface area contributed by atoms with Gasteiger partial charge in [-0.3, -0.25) is 4.79 Å². The number of halogens is 1. The van der Waals surface area contributed by atoms with Gasteiger partial charge in [0.1, 0.15) is 5.82 Å². The van der Waals surface area contributed by atoms with Crippen LogP contribution < -0.4 is 0 Å². The average molecular weight is 284 g/mol. The fraction of sp³-hybridized carbons (Fsp3) is 0.278. The molecule has 1 N–H and O–H groups in total. The number of carboxylic acid groups (broad SMARTS) is 1. The molecule has 108 valence electrons. The molecule has 3 heteroatoms. The maximum absolute atomic E-state index is 14.0. The summed E-state index contributed by atoms with van der Waals surface area (Å²) in [6, 6.07) is 14.1. The smallest absolute Gasteiger partial charge is 0.314 e. The van der Waals surface area contributed by atoms with Gasteiger partial charge < -0.3 is 5.11 Å². The quantitative estimate of drug-likeness (QED) is 0.932. The molecule has 1 atom stereocenters. The molecule has 0 aromatic heterocycles. The number of rotatable bonds is 3. The van der Waals surface area contributed by atoms with E-state index in [1.54, 1.807) is 18.2 Å². The molecule has 0 amide bonds. The van der Waals surface area contributed by atoms with E-state index in [0.29, 0.717) is 12.0 Å². The van der Waals surface area contributed by atoms with Gasteiger partial charge in [0, 0.05) is 0 Å². The van der Waals surface area contributed by atoms with Crippen molar-refractivity contribution in [3.8, 4) is 0 Å². The molecule has 0 heterocycles. The van der Waals surface area contributed by atoms with Gasteiger partial charge in [0.05, 0.1) is 5.41 Å². The Morgan fingerprint density at radius 3 is 2.62 bits per heavy atom. The predicted octanol–water partition coefficient (Wildman–Crippen LogP) is 3.73. The summed E-state index contributed by atoms with van der Waals surface area (Å²) in [4.78, 5) is 12.0. The fourth-order valence-corrected chi connectivity index (χ4v) is 3.37. The Morgan fingerprint density at radius 1 is 1.14 bits per heavy atom. The minimum absolute atomic E-state index is 0.200. The molecular formula is C18H17FO2. The van der Waals surface area contributed by atoms with E-state index < -0.39 is 11.4 Å². The molecule has 21 heavy (non-hydrogen) atoms. The Hall–Kier alpha value is -2.16. The minimum Gasteiger partial charge on any atom is -0.481 e. The molecule has 1 aliphatic carbocycles. The van der Waals surface area contributed by atoms with Crippen molar-refractivity contribution in [1.29, 1.82) is 0 Å². The van der Waals surface area contributed by atoms with Crippen molar-refractivity contribution in [1.82, 2.24) is 0 Å². The first-order valence-electron chi connectivity index (χ1n) is 7.19. The molecule has 1 aliphatic rings. The summed E-state index contributed by atoms with van der Waals surface area (Å²) in [7, 11) is 0. The Morgan fingerprint density at radius 2 is 1.86 bits per heavy atom. The largest absolute Gasteiger partial charge is 0.481 e. The van der Waals surface area contributed by atoms with E-state index in [2.05, 4.69) is 0 Å². The molecule has 2 aromatic carbocycles. The van der Waals surface area contributed by atoms with Gasteiger partial charge in [-0.25, -0.2) is 4.39 Å². The Balaban J connectivity index is 2.11. The summed E-state index contributed by atoms with van der Waals surface area (Å²) in [6.07, 6.45) is 2.46. The van der Waals surface area contributed by atoms with Crippen molar-refractivity contribution in [2.45, 2.75) is 31.1 Å². The molecular weight excluding hydrogens is 267 g/mol. The molecule has 0 aliphatic heterocycles. The number of carboxylic acids is 1. The zero-order chi connectivity index (χ0) is 14.9. The highest BCUT2D eigenvalue weighted by Gasteiger charge is 2.43. The SMILES string of the molecule is O=C(O)C1(Cc2ccccc2F)CCCc2ccccc21. The van der Waals surface area contributed by atoms with E-state index in [9.17, 15) is 14.3 Å². The van der Waals surface area contributed by atoms with Gasteiger partial charge in [0.2, 0.25) is 0 Å². The fourth-order valence-electron chi connectivity index (χ4n) is 3.37. The number of aliphatic carboxylic acids is 1. The first-order chi connectivity index (χ1) is 10.1. The normalized spacial score (nSPS) is 20.8. The third kappa shape index (κ3) is 2.33. The first-order valence-corrected chi connectivity index (χ1v) is 7.19. The van der Waals surface area contributed by atoms with Gasteiger partial charge in [0.25, 0.3) is 0 Å². The Bertz CT molecular complexity index is 680. The number of aryl methyl sites for hydroxylation is 1. The lowest BCUT2D eigenvalue weighted by Crippen LogP contribution is -2.41. The van der Waals surface area contributed by atoms with E-state index >= 15 is 0 Å². The predicted molar refractivity (Wildman–Crippen MR) is 78.8 cm³/mol. The van der Waals surface area contributed by atoms with Crippen molar-refractivity contribution in [2.75, 3.05) is 0 Å². The summed E-state index contributed by atoms with van der Waals surface area (Å²) in [6.45, 7) is 0. The highest BCUT2D eigenvalue weighted by molar-refractivity contribution is 5.83. The van der Waals surface area contributed by atoms with Crippen LogP contribution in [0.1, 0.15) is 29.5 Å². The lowest BCUT2D eigenvalue weighted by atomic mass is 9.67. The van der Waals surface area contributed by atoms with Gasteiger partial charge in [-0.05, 0) is 48.4 Å². The van der Waals surface area contributed by atoms with Crippen LogP contribution >= 0.6 is 0 Å². The topological polar surface area (TPSA) is 37.3 Å². The summed E-state index contributed by atoms with van der Waals surface area (Å²) >= 11 is 0. The minimum atomic E-state index is -1.02. The molecule has 2 aromatic rings. The van der Waals surface area contributed by atoms with E-state index in [4.69, 9.17) is 0 Å². The second-order valence-electron chi connectivity index (χ2n) is 5.67. The van der Waals surface area contributed by atoms with Crippen LogP contribution in [0.5, 0.6) is 0 Å². The second-order valence-corrected chi connectivity index (χ2v) is 5.67. The number of hydrogen-bond donors (Lipinski definition) is 1. The molecule has 2 nitrogen and oxygen atoms in total. The van der Waals surface area contributed by atoms with Crippen LogP contribution in [0.2, 0.25) is 0 Å². The van der Waals surface area contributed by atoms with Crippen molar-refractivity contribution in [3.05, 3.63) is 71.0 Å². The molecule has 0 bridgehead atoms. The zero-order valence-corrected chi connectivity index (χ0v) is 11.7. The maximum atomic E-state index is 14.0. The van der Waals surface area contributed by atoms with E-state index in [1.165, 1.54) is 6.07 Å². The van der Waals surface area contributed by atoms with Crippen molar-refractivity contribution in [2.24, 2.45) is 0 Å². The maximum Gasteiger partial charge on any atom is 0.314 e. The molecule has 0 spiro atoms. The van der Waals surface area contributed by atoms with E-state index in [0.717, 1.165) is 24.0 Å². The van der Waals surface area contributed by atoms with E-state index in [1.807, 2.05) is 24.3 Å². The summed E-state index contributed by atoms with van der Waals surface area (Å²) < 4.78 is 14.0. The lowest BCUT2D eigenvalue weighted by Gasteiger charge is -2.35. The molecule has 3 rings (SSSR count). The van der Waals surface area contributed by atoms with Crippen molar-refractivity contribution >= 4 is 5.97 Å². The van der Waals surface area contributed by atoms with Gasteiger partial charge in [0.15, 0.2) is 0 Å². The summed E-state index contributed by atoms with van der Waals surface area (Å²) in [5, 5.41) is 9.87. The van der Waals surface area contributed by atoms with Crippen LogP contribution in [0.3, 0.4) is 0 Å². The van der Waals surface area contributed by atoms with Gasteiger partial charge in [-0.15, -0.1) is 0 Å². The van der Waals surface area contributed by atoms with Gasteiger partial charge >= 0.3 is 5.97 Å². The van der Waals surface area contributed by atoms with Crippen LogP contribution in [0, 0.1) is 5.82 Å². The third-order valence-electron chi connectivity index (χ3n) is 4.44. The first kappa shape index (κ1) is 13.8. The molecule has 0 saturated carbocycles. The summed E-state index contributed by atoms with van der Waals surface area (Å²) in [5.74, 6) is -1.20. The highest BCUT2D eigenvalue weighted by atomic mass is 19.1. The van der Waals surface area contributed by atoms with E-state index in [-0.39, 0.29) is 12.2 Å². The molecule has 0 saturated heterocycles. The number of benzene rings is 2. The monoisotopic (exact) mass is 284 g/mol. The molecule has 0 fully saturated rings. The van der Waals surface area contributed by atoms with Crippen molar-refractivity contribution < 1.29 is 14.3 Å². The highest BCUT2D eigenvalue weighted by Crippen LogP contribution is 2.40.